The van der Waals surface area contributed by atoms with Crippen LogP contribution in [0.5, 0.6) is 0 Å². The Hall–Kier alpha value is -1.78. The van der Waals surface area contributed by atoms with Crippen LogP contribution >= 0.6 is 0 Å². The van der Waals surface area contributed by atoms with E-state index in [1.165, 1.54) is 12.3 Å². The van der Waals surface area contributed by atoms with E-state index < -0.39 is 5.97 Å². The van der Waals surface area contributed by atoms with Gasteiger partial charge in [-0.1, -0.05) is 27.7 Å². The first-order valence-electron chi connectivity index (χ1n) is 5.93. The number of nitrogen functional groups attached to an aromatic ring is 1. The summed E-state index contributed by atoms with van der Waals surface area (Å²) in [7, 11) is 0. The number of aromatic carboxylic acids is 1. The summed E-state index contributed by atoms with van der Waals surface area (Å²) in [4.78, 5) is 15.1. The predicted octanol–water partition coefficient (Wildman–Crippen LogP) is 2.21. The van der Waals surface area contributed by atoms with E-state index >= 15 is 0 Å². The number of aromatic nitrogens is 1. The molecule has 1 aromatic rings. The molecule has 1 fully saturated rings. The van der Waals surface area contributed by atoms with Gasteiger partial charge in [-0.2, -0.15) is 0 Å². The average Bonchev–Trinajstić information content (AvgIpc) is 2.63. The minimum absolute atomic E-state index is 0.0868. The molecule has 1 aliphatic carbocycles. The van der Waals surface area contributed by atoms with E-state index in [2.05, 4.69) is 38.0 Å². The van der Waals surface area contributed by atoms with Gasteiger partial charge in [0.1, 0.15) is 5.82 Å². The average molecular weight is 249 g/mol. The van der Waals surface area contributed by atoms with E-state index in [1.807, 2.05) is 0 Å². The second-order valence-electron chi connectivity index (χ2n) is 5.98. The molecule has 0 unspecified atom stereocenters. The Bertz CT molecular complexity index is 495. The van der Waals surface area contributed by atoms with Crippen molar-refractivity contribution in [1.82, 2.24) is 4.98 Å². The van der Waals surface area contributed by atoms with Gasteiger partial charge in [0.15, 0.2) is 0 Å². The lowest BCUT2D eigenvalue weighted by molar-refractivity contribution is 0.0698. The van der Waals surface area contributed by atoms with Gasteiger partial charge in [-0.15, -0.1) is 0 Å². The van der Waals surface area contributed by atoms with Gasteiger partial charge in [-0.25, -0.2) is 9.78 Å². The second kappa shape index (κ2) is 3.60. The van der Waals surface area contributed by atoms with Crippen LogP contribution in [0.15, 0.2) is 12.3 Å². The highest BCUT2D eigenvalue weighted by Crippen LogP contribution is 2.63. The molecule has 0 aliphatic heterocycles. The second-order valence-corrected chi connectivity index (χ2v) is 5.98. The van der Waals surface area contributed by atoms with Crippen molar-refractivity contribution in [3.8, 4) is 0 Å². The SMILES string of the molecule is CC1(C)C(Nc2cc(C(=O)O)c(N)cn2)C1(C)C. The third-order valence-corrected chi connectivity index (χ3v) is 4.48. The maximum absolute atomic E-state index is 11.0. The van der Waals surface area contributed by atoms with Gasteiger partial charge < -0.3 is 16.2 Å². The number of hydrogen-bond acceptors (Lipinski definition) is 4. The fraction of sp³-hybridized carbons (Fsp3) is 0.538. The summed E-state index contributed by atoms with van der Waals surface area (Å²) >= 11 is 0. The normalized spacial score (nSPS) is 20.4. The van der Waals surface area contributed by atoms with Crippen molar-refractivity contribution in [3.05, 3.63) is 17.8 Å². The number of anilines is 2. The molecular weight excluding hydrogens is 230 g/mol. The first-order valence-corrected chi connectivity index (χ1v) is 5.93. The Morgan fingerprint density at radius 3 is 2.39 bits per heavy atom. The Morgan fingerprint density at radius 1 is 1.39 bits per heavy atom. The lowest BCUT2D eigenvalue weighted by atomic mass is 10.0. The summed E-state index contributed by atoms with van der Waals surface area (Å²) < 4.78 is 0. The summed E-state index contributed by atoms with van der Waals surface area (Å²) in [6.07, 6.45) is 1.38. The zero-order valence-electron chi connectivity index (χ0n) is 11.1. The Morgan fingerprint density at radius 2 is 1.94 bits per heavy atom. The monoisotopic (exact) mass is 249 g/mol. The van der Waals surface area contributed by atoms with Crippen LogP contribution < -0.4 is 11.1 Å². The number of carboxylic acid groups (broad SMARTS) is 1. The van der Waals surface area contributed by atoms with Crippen LogP contribution in [0.4, 0.5) is 11.5 Å². The third-order valence-electron chi connectivity index (χ3n) is 4.48. The molecule has 0 radical (unpaired) electrons. The van der Waals surface area contributed by atoms with Crippen molar-refractivity contribution in [2.75, 3.05) is 11.1 Å². The summed E-state index contributed by atoms with van der Waals surface area (Å²) in [6.45, 7) is 8.72. The summed E-state index contributed by atoms with van der Waals surface area (Å²) in [5, 5.41) is 12.3. The van der Waals surface area contributed by atoms with E-state index in [9.17, 15) is 4.79 Å². The number of hydrogen-bond donors (Lipinski definition) is 3. The van der Waals surface area contributed by atoms with E-state index in [0.717, 1.165) is 0 Å². The van der Waals surface area contributed by atoms with Gasteiger partial charge in [-0.05, 0) is 16.9 Å². The number of nitrogens with two attached hydrogens (primary N) is 1. The fourth-order valence-electron chi connectivity index (χ4n) is 2.44. The first-order chi connectivity index (χ1) is 8.18. The minimum Gasteiger partial charge on any atom is -0.478 e. The quantitative estimate of drug-likeness (QED) is 0.764. The predicted molar refractivity (Wildman–Crippen MR) is 70.6 cm³/mol. The van der Waals surface area contributed by atoms with Gasteiger partial charge in [-0.3, -0.25) is 0 Å². The van der Waals surface area contributed by atoms with Crippen LogP contribution in [0.3, 0.4) is 0 Å². The van der Waals surface area contributed by atoms with Crippen LogP contribution in [0.25, 0.3) is 0 Å². The molecule has 5 nitrogen and oxygen atoms in total. The summed E-state index contributed by atoms with van der Waals surface area (Å²) in [6, 6.07) is 1.77. The zero-order valence-corrected chi connectivity index (χ0v) is 11.1. The van der Waals surface area contributed by atoms with Gasteiger partial charge in [0.05, 0.1) is 17.4 Å². The zero-order chi connectivity index (χ0) is 13.7. The Balaban J connectivity index is 2.22. The van der Waals surface area contributed by atoms with Gasteiger partial charge in [0, 0.05) is 6.04 Å². The summed E-state index contributed by atoms with van der Waals surface area (Å²) in [5.41, 5.74) is 6.17. The van der Waals surface area contributed by atoms with Crippen LogP contribution in [0, 0.1) is 10.8 Å². The minimum atomic E-state index is -1.03. The number of nitrogens with zero attached hydrogens (tertiary/aromatic N) is 1. The van der Waals surface area contributed by atoms with E-state index in [1.54, 1.807) is 0 Å². The lowest BCUT2D eigenvalue weighted by Crippen LogP contribution is -2.13. The highest BCUT2D eigenvalue weighted by atomic mass is 16.4. The van der Waals surface area contributed by atoms with Crippen molar-refractivity contribution < 1.29 is 9.90 Å². The molecule has 0 saturated heterocycles. The van der Waals surface area contributed by atoms with Crippen molar-refractivity contribution in [3.63, 3.8) is 0 Å². The fourth-order valence-corrected chi connectivity index (χ4v) is 2.44. The van der Waals surface area contributed by atoms with Crippen molar-refractivity contribution in [2.45, 2.75) is 33.7 Å². The molecule has 1 aromatic heterocycles. The number of nitrogens with one attached hydrogen (secondary N) is 1. The molecule has 0 aromatic carbocycles. The highest BCUT2D eigenvalue weighted by Gasteiger charge is 2.65. The molecule has 1 heterocycles. The first kappa shape index (κ1) is 12.7. The molecule has 0 spiro atoms. The molecule has 18 heavy (non-hydrogen) atoms. The number of carboxylic acids is 1. The molecule has 1 saturated carbocycles. The standard InChI is InChI=1S/C13H19N3O2/c1-12(2)11(13(12,3)4)16-9-5-7(10(17)18)8(14)6-15-9/h5-6,11H,14H2,1-4H3,(H,15,16)(H,17,18). The van der Waals surface area contributed by atoms with Crippen LogP contribution in [0.1, 0.15) is 38.1 Å². The Labute approximate surface area is 106 Å². The van der Waals surface area contributed by atoms with Crippen molar-refractivity contribution in [2.24, 2.45) is 10.8 Å². The maximum Gasteiger partial charge on any atom is 0.337 e. The Kier molecular flexibility index (Phi) is 2.54. The molecular formula is C13H19N3O2. The largest absolute Gasteiger partial charge is 0.478 e. The van der Waals surface area contributed by atoms with Crippen LogP contribution in [-0.2, 0) is 0 Å². The van der Waals surface area contributed by atoms with Gasteiger partial charge in [0.2, 0.25) is 0 Å². The van der Waals surface area contributed by atoms with Crippen molar-refractivity contribution in [1.29, 1.82) is 0 Å². The molecule has 0 bridgehead atoms. The smallest absolute Gasteiger partial charge is 0.337 e. The van der Waals surface area contributed by atoms with Crippen LogP contribution in [0.2, 0.25) is 0 Å². The lowest BCUT2D eigenvalue weighted by Gasteiger charge is -2.09. The third kappa shape index (κ3) is 1.70. The number of rotatable bonds is 3. The number of carbonyl (C=O) groups is 1. The molecule has 4 N–H and O–H groups in total. The molecule has 1 aliphatic rings. The van der Waals surface area contributed by atoms with Gasteiger partial charge >= 0.3 is 5.97 Å². The molecule has 5 heteroatoms. The molecule has 0 amide bonds. The van der Waals surface area contributed by atoms with E-state index in [4.69, 9.17) is 10.8 Å². The van der Waals surface area contributed by atoms with Crippen molar-refractivity contribution >= 4 is 17.5 Å². The van der Waals surface area contributed by atoms with Crippen LogP contribution in [-0.4, -0.2) is 22.1 Å². The van der Waals surface area contributed by atoms with Gasteiger partial charge in [0.25, 0.3) is 0 Å². The summed E-state index contributed by atoms with van der Waals surface area (Å²) in [5.74, 6) is -0.475. The maximum atomic E-state index is 11.0. The molecule has 98 valence electrons. The van der Waals surface area contributed by atoms with E-state index in [-0.39, 0.29) is 28.1 Å². The topological polar surface area (TPSA) is 88.2 Å². The highest BCUT2D eigenvalue weighted by molar-refractivity contribution is 5.94. The van der Waals surface area contributed by atoms with E-state index in [0.29, 0.717) is 5.82 Å². The molecule has 2 rings (SSSR count). The molecule has 0 atom stereocenters. The number of pyridine rings is 1.